The SMILES string of the molecule is CCCCCc1ccc(-c2ccc3c(F)c(F)ccc3c2)c(F)c1. The van der Waals surface area contributed by atoms with Crippen molar-refractivity contribution in [2.45, 2.75) is 32.6 Å². The van der Waals surface area contributed by atoms with Gasteiger partial charge in [0.2, 0.25) is 0 Å². The second-order valence-electron chi connectivity index (χ2n) is 6.07. The van der Waals surface area contributed by atoms with Crippen LogP contribution in [0.15, 0.2) is 48.5 Å². The van der Waals surface area contributed by atoms with E-state index in [4.69, 9.17) is 0 Å². The molecule has 0 N–H and O–H groups in total. The fourth-order valence-corrected chi connectivity index (χ4v) is 2.96. The lowest BCUT2D eigenvalue weighted by Crippen LogP contribution is -1.91. The van der Waals surface area contributed by atoms with Crippen LogP contribution in [0.2, 0.25) is 0 Å². The number of benzene rings is 3. The average molecular weight is 328 g/mol. The van der Waals surface area contributed by atoms with E-state index in [9.17, 15) is 13.2 Å². The summed E-state index contributed by atoms with van der Waals surface area (Å²) in [5.41, 5.74) is 2.12. The summed E-state index contributed by atoms with van der Waals surface area (Å²) in [5, 5.41) is 0.758. The quantitative estimate of drug-likeness (QED) is 0.460. The first-order valence-electron chi connectivity index (χ1n) is 8.26. The lowest BCUT2D eigenvalue weighted by Gasteiger charge is -2.08. The van der Waals surface area contributed by atoms with E-state index in [1.165, 1.54) is 12.1 Å². The molecule has 0 aliphatic heterocycles. The predicted molar refractivity (Wildman–Crippen MR) is 92.5 cm³/mol. The van der Waals surface area contributed by atoms with Crippen molar-refractivity contribution in [3.8, 4) is 11.1 Å². The summed E-state index contributed by atoms with van der Waals surface area (Å²) in [6.45, 7) is 2.14. The van der Waals surface area contributed by atoms with E-state index in [2.05, 4.69) is 6.92 Å². The normalized spacial score (nSPS) is 11.2. The number of unbranched alkanes of at least 4 members (excludes halogenated alkanes) is 2. The van der Waals surface area contributed by atoms with Gasteiger partial charge in [0.25, 0.3) is 0 Å². The molecule has 3 aromatic rings. The predicted octanol–water partition coefficient (Wildman–Crippen LogP) is 6.66. The molecule has 0 saturated heterocycles. The minimum atomic E-state index is -0.877. The van der Waals surface area contributed by atoms with E-state index in [1.54, 1.807) is 24.3 Å². The number of aryl methyl sites for hydroxylation is 1. The number of rotatable bonds is 5. The molecule has 0 fully saturated rings. The second kappa shape index (κ2) is 7.08. The van der Waals surface area contributed by atoms with E-state index in [-0.39, 0.29) is 11.2 Å². The van der Waals surface area contributed by atoms with Gasteiger partial charge in [0.15, 0.2) is 11.6 Å². The number of hydrogen-bond donors (Lipinski definition) is 0. The van der Waals surface area contributed by atoms with Gasteiger partial charge in [0.1, 0.15) is 5.82 Å². The molecule has 3 aromatic carbocycles. The molecule has 0 radical (unpaired) electrons. The molecule has 0 aromatic heterocycles. The molecule has 0 saturated carbocycles. The van der Waals surface area contributed by atoms with Crippen molar-refractivity contribution in [3.05, 3.63) is 71.5 Å². The van der Waals surface area contributed by atoms with E-state index in [1.807, 2.05) is 6.07 Å². The summed E-state index contributed by atoms with van der Waals surface area (Å²) < 4.78 is 41.5. The van der Waals surface area contributed by atoms with Crippen molar-refractivity contribution < 1.29 is 13.2 Å². The molecule has 0 spiro atoms. The van der Waals surface area contributed by atoms with Crippen molar-refractivity contribution in [2.75, 3.05) is 0 Å². The Morgan fingerprint density at radius 1 is 0.792 bits per heavy atom. The van der Waals surface area contributed by atoms with E-state index < -0.39 is 11.6 Å². The monoisotopic (exact) mass is 328 g/mol. The molecule has 3 heteroatoms. The summed E-state index contributed by atoms with van der Waals surface area (Å²) >= 11 is 0. The van der Waals surface area contributed by atoms with Crippen LogP contribution in [0.25, 0.3) is 21.9 Å². The zero-order chi connectivity index (χ0) is 17.1. The van der Waals surface area contributed by atoms with Gasteiger partial charge in [-0.15, -0.1) is 0 Å². The lowest BCUT2D eigenvalue weighted by molar-refractivity contribution is 0.517. The fourth-order valence-electron chi connectivity index (χ4n) is 2.96. The molecule has 0 aliphatic rings. The topological polar surface area (TPSA) is 0 Å². The summed E-state index contributed by atoms with van der Waals surface area (Å²) in [6.07, 6.45) is 4.19. The van der Waals surface area contributed by atoms with E-state index in [0.29, 0.717) is 16.5 Å². The lowest BCUT2D eigenvalue weighted by atomic mass is 9.98. The smallest absolute Gasteiger partial charge is 0.166 e. The van der Waals surface area contributed by atoms with Crippen LogP contribution in [0.1, 0.15) is 31.7 Å². The third-order valence-electron chi connectivity index (χ3n) is 4.32. The van der Waals surface area contributed by atoms with Gasteiger partial charge in [-0.2, -0.15) is 0 Å². The van der Waals surface area contributed by atoms with Gasteiger partial charge in [-0.3, -0.25) is 0 Å². The molecular weight excluding hydrogens is 309 g/mol. The molecule has 124 valence electrons. The Morgan fingerprint density at radius 3 is 2.38 bits per heavy atom. The van der Waals surface area contributed by atoms with Gasteiger partial charge in [-0.1, -0.05) is 50.1 Å². The largest absolute Gasteiger partial charge is 0.206 e. The fraction of sp³-hybridized carbons (Fsp3) is 0.238. The van der Waals surface area contributed by atoms with Gasteiger partial charge in [0, 0.05) is 10.9 Å². The molecule has 0 nitrogen and oxygen atoms in total. The summed E-state index contributed by atoms with van der Waals surface area (Å²) in [5.74, 6) is -2.03. The molecule has 0 heterocycles. The first kappa shape index (κ1) is 16.6. The van der Waals surface area contributed by atoms with Crippen molar-refractivity contribution in [3.63, 3.8) is 0 Å². The first-order valence-corrected chi connectivity index (χ1v) is 8.26. The maximum atomic E-state index is 14.5. The summed E-state index contributed by atoms with van der Waals surface area (Å²) in [6, 6.07) is 12.7. The Hall–Kier alpha value is -2.29. The highest BCUT2D eigenvalue weighted by atomic mass is 19.2. The van der Waals surface area contributed by atoms with Crippen LogP contribution in [-0.2, 0) is 6.42 Å². The highest BCUT2D eigenvalue weighted by Crippen LogP contribution is 2.29. The van der Waals surface area contributed by atoms with E-state index in [0.717, 1.165) is 37.3 Å². The molecule has 3 rings (SSSR count). The molecule has 0 atom stereocenters. The standard InChI is InChI=1S/C21H19F3/c1-2-3-4-5-14-6-9-17(20(23)12-14)15-7-10-18-16(13-15)8-11-19(22)21(18)24/h6-13H,2-5H2,1H3. The highest BCUT2D eigenvalue weighted by molar-refractivity contribution is 5.88. The number of fused-ring (bicyclic) bond motifs is 1. The second-order valence-corrected chi connectivity index (χ2v) is 6.07. The van der Waals surface area contributed by atoms with Crippen LogP contribution in [0, 0.1) is 17.5 Å². The minimum absolute atomic E-state index is 0.204. The Bertz CT molecular complexity index is 868. The number of hydrogen-bond acceptors (Lipinski definition) is 0. The minimum Gasteiger partial charge on any atom is -0.206 e. The Balaban J connectivity index is 1.94. The van der Waals surface area contributed by atoms with Crippen LogP contribution in [0.3, 0.4) is 0 Å². The van der Waals surface area contributed by atoms with Gasteiger partial charge >= 0.3 is 0 Å². The van der Waals surface area contributed by atoms with Crippen LogP contribution >= 0.6 is 0 Å². The Labute approximate surface area is 139 Å². The molecule has 0 unspecified atom stereocenters. The summed E-state index contributed by atoms with van der Waals surface area (Å²) in [4.78, 5) is 0. The van der Waals surface area contributed by atoms with Gasteiger partial charge in [0.05, 0.1) is 0 Å². The van der Waals surface area contributed by atoms with Crippen molar-refractivity contribution >= 4 is 10.8 Å². The van der Waals surface area contributed by atoms with Crippen LogP contribution in [0.4, 0.5) is 13.2 Å². The van der Waals surface area contributed by atoms with E-state index >= 15 is 0 Å². The first-order chi connectivity index (χ1) is 11.6. The molecule has 0 aliphatic carbocycles. The third kappa shape index (κ3) is 3.30. The molecule has 0 amide bonds. The molecular formula is C21H19F3. The van der Waals surface area contributed by atoms with Crippen LogP contribution in [0.5, 0.6) is 0 Å². The Kier molecular flexibility index (Phi) is 4.89. The zero-order valence-electron chi connectivity index (χ0n) is 13.6. The highest BCUT2D eigenvalue weighted by Gasteiger charge is 2.10. The Morgan fingerprint density at radius 2 is 1.62 bits per heavy atom. The van der Waals surface area contributed by atoms with Crippen LogP contribution < -0.4 is 0 Å². The maximum Gasteiger partial charge on any atom is 0.166 e. The van der Waals surface area contributed by atoms with Gasteiger partial charge in [-0.25, -0.2) is 13.2 Å². The van der Waals surface area contributed by atoms with Crippen LogP contribution in [-0.4, -0.2) is 0 Å². The number of halogens is 3. The summed E-state index contributed by atoms with van der Waals surface area (Å²) in [7, 11) is 0. The average Bonchev–Trinajstić information content (AvgIpc) is 2.58. The van der Waals surface area contributed by atoms with Crippen molar-refractivity contribution in [1.29, 1.82) is 0 Å². The third-order valence-corrected chi connectivity index (χ3v) is 4.32. The van der Waals surface area contributed by atoms with Crippen molar-refractivity contribution in [1.82, 2.24) is 0 Å². The van der Waals surface area contributed by atoms with Crippen molar-refractivity contribution in [2.24, 2.45) is 0 Å². The molecule has 24 heavy (non-hydrogen) atoms. The van der Waals surface area contributed by atoms with Gasteiger partial charge < -0.3 is 0 Å². The molecule has 0 bridgehead atoms. The van der Waals surface area contributed by atoms with Gasteiger partial charge in [-0.05, 0) is 47.6 Å². The zero-order valence-corrected chi connectivity index (χ0v) is 13.6. The maximum absolute atomic E-state index is 14.5.